The molecule has 0 unspecified atom stereocenters. The number of hydrogen-bond acceptors (Lipinski definition) is 0. The van der Waals surface area contributed by atoms with Crippen molar-refractivity contribution in [2.75, 3.05) is 6.16 Å². The van der Waals surface area contributed by atoms with Crippen molar-refractivity contribution in [3.8, 4) is 0 Å². The van der Waals surface area contributed by atoms with Crippen LogP contribution in [0.25, 0.3) is 0 Å². The molecule has 0 heterocycles. The van der Waals surface area contributed by atoms with Crippen LogP contribution in [0.2, 0.25) is 0 Å². The lowest BCUT2D eigenvalue weighted by atomic mass is 10.1. The van der Waals surface area contributed by atoms with E-state index in [9.17, 15) is 8.78 Å². The molecule has 3 aromatic rings. The summed E-state index contributed by atoms with van der Waals surface area (Å²) in [5.41, 5.74) is 0. The first kappa shape index (κ1) is 21.4. The van der Waals surface area contributed by atoms with Gasteiger partial charge >= 0.3 is 0 Å². The Labute approximate surface area is 183 Å². The van der Waals surface area contributed by atoms with Gasteiger partial charge in [-0.3, -0.25) is 0 Å². The van der Waals surface area contributed by atoms with Crippen molar-refractivity contribution in [3.63, 3.8) is 0 Å². The summed E-state index contributed by atoms with van der Waals surface area (Å²) in [5.74, 6) is 0.0592. The zero-order chi connectivity index (χ0) is 18.7. The first-order valence-electron chi connectivity index (χ1n) is 9.53. The molecule has 0 nitrogen and oxygen atoms in total. The van der Waals surface area contributed by atoms with Crippen LogP contribution in [0.4, 0.5) is 8.78 Å². The van der Waals surface area contributed by atoms with Crippen molar-refractivity contribution in [3.05, 3.63) is 91.0 Å². The van der Waals surface area contributed by atoms with E-state index in [2.05, 4.69) is 72.8 Å². The van der Waals surface area contributed by atoms with E-state index in [1.165, 1.54) is 15.9 Å². The molecule has 4 rings (SSSR count). The van der Waals surface area contributed by atoms with Crippen molar-refractivity contribution < 1.29 is 32.8 Å². The van der Waals surface area contributed by atoms with Crippen LogP contribution >= 0.6 is 7.26 Å². The van der Waals surface area contributed by atoms with E-state index in [0.717, 1.165) is 6.16 Å². The standard InChI is InChI=1S/C24H24F2P.HI/c25-23-16-19(17-24(23)26)18-27(20-10-4-1-5-11-20,21-12-6-2-7-13-21)22-14-8-3-9-15-22;/h1-15,19,23-24H,16-18H2;1H/q+1;/p-1/t19-,23-,24+;. The number of benzene rings is 3. The highest BCUT2D eigenvalue weighted by Gasteiger charge is 2.49. The first-order chi connectivity index (χ1) is 13.2. The summed E-state index contributed by atoms with van der Waals surface area (Å²) in [4.78, 5) is 0. The topological polar surface area (TPSA) is 0 Å². The molecule has 0 amide bonds. The van der Waals surface area contributed by atoms with Gasteiger partial charge in [0.2, 0.25) is 0 Å². The maximum atomic E-state index is 14.0. The Balaban J connectivity index is 0.00000225. The third-order valence-electron chi connectivity index (χ3n) is 5.63. The van der Waals surface area contributed by atoms with E-state index >= 15 is 0 Å². The molecular formula is C24H24F2IP. The van der Waals surface area contributed by atoms with Gasteiger partial charge in [0.05, 0.1) is 6.16 Å². The van der Waals surface area contributed by atoms with Crippen LogP contribution < -0.4 is 39.9 Å². The van der Waals surface area contributed by atoms with Crippen LogP contribution in [0.1, 0.15) is 12.8 Å². The summed E-state index contributed by atoms with van der Waals surface area (Å²) in [5, 5.41) is 3.83. The molecule has 4 heteroatoms. The zero-order valence-electron chi connectivity index (χ0n) is 15.6. The molecule has 28 heavy (non-hydrogen) atoms. The van der Waals surface area contributed by atoms with Gasteiger partial charge in [-0.1, -0.05) is 54.6 Å². The summed E-state index contributed by atoms with van der Waals surface area (Å²) in [6, 6.07) is 31.6. The van der Waals surface area contributed by atoms with Gasteiger partial charge in [-0.2, -0.15) is 0 Å². The van der Waals surface area contributed by atoms with Crippen molar-refractivity contribution >= 4 is 23.2 Å². The fourth-order valence-electron chi connectivity index (χ4n) is 4.38. The van der Waals surface area contributed by atoms with E-state index in [0.29, 0.717) is 12.8 Å². The molecule has 146 valence electrons. The fraction of sp³-hybridized carbons (Fsp3) is 0.250. The number of hydrogen-bond donors (Lipinski definition) is 0. The summed E-state index contributed by atoms with van der Waals surface area (Å²) in [7, 11) is -1.99. The largest absolute Gasteiger partial charge is 1.00 e. The highest BCUT2D eigenvalue weighted by molar-refractivity contribution is 7.95. The van der Waals surface area contributed by atoms with Crippen molar-refractivity contribution in [2.24, 2.45) is 5.92 Å². The third kappa shape index (κ3) is 4.16. The summed E-state index contributed by atoms with van der Waals surface area (Å²) < 4.78 is 28.0. The van der Waals surface area contributed by atoms with Gasteiger partial charge in [0, 0.05) is 0 Å². The molecule has 1 fully saturated rings. The summed E-state index contributed by atoms with van der Waals surface area (Å²) in [6.07, 6.45) is -1.17. The lowest BCUT2D eigenvalue weighted by molar-refractivity contribution is -0.00000661. The van der Waals surface area contributed by atoms with Gasteiger partial charge < -0.3 is 24.0 Å². The van der Waals surface area contributed by atoms with Crippen LogP contribution in [0.15, 0.2) is 91.0 Å². The predicted octanol–water partition coefficient (Wildman–Crippen LogP) is 2.07. The maximum absolute atomic E-state index is 14.0. The van der Waals surface area contributed by atoms with Crippen molar-refractivity contribution in [2.45, 2.75) is 25.2 Å². The Morgan fingerprint density at radius 1 is 0.607 bits per heavy atom. The molecule has 0 aliphatic heterocycles. The highest BCUT2D eigenvalue weighted by atomic mass is 127. The molecule has 0 N–H and O–H groups in total. The maximum Gasteiger partial charge on any atom is 0.132 e. The molecule has 0 saturated heterocycles. The van der Waals surface area contributed by atoms with E-state index in [1.807, 2.05) is 18.2 Å². The van der Waals surface area contributed by atoms with E-state index in [1.54, 1.807) is 0 Å². The summed E-state index contributed by atoms with van der Waals surface area (Å²) in [6.45, 7) is 0. The molecule has 0 radical (unpaired) electrons. The molecule has 1 saturated carbocycles. The van der Waals surface area contributed by atoms with Crippen LogP contribution in [-0.2, 0) is 0 Å². The Morgan fingerprint density at radius 2 is 0.929 bits per heavy atom. The SMILES string of the molecule is F[C@@H]1C[C@@H](C[P+](c2ccccc2)(c2ccccc2)c2ccccc2)C[C@@H]1F.[I-]. The molecule has 1 aliphatic rings. The van der Waals surface area contributed by atoms with Crippen LogP contribution in [0.5, 0.6) is 0 Å². The van der Waals surface area contributed by atoms with E-state index in [-0.39, 0.29) is 29.9 Å². The molecule has 3 atom stereocenters. The fourth-order valence-corrected chi connectivity index (χ4v) is 9.02. The van der Waals surface area contributed by atoms with Crippen molar-refractivity contribution in [1.82, 2.24) is 0 Å². The average Bonchev–Trinajstić information content (AvgIpc) is 3.05. The molecule has 0 spiro atoms. The van der Waals surface area contributed by atoms with Gasteiger partial charge in [0.1, 0.15) is 35.5 Å². The predicted molar refractivity (Wildman–Crippen MR) is 113 cm³/mol. The van der Waals surface area contributed by atoms with E-state index < -0.39 is 19.6 Å². The highest BCUT2D eigenvalue weighted by Crippen LogP contribution is 2.58. The second kappa shape index (κ2) is 9.45. The molecule has 0 bridgehead atoms. The van der Waals surface area contributed by atoms with Gasteiger partial charge in [-0.25, -0.2) is 8.78 Å². The van der Waals surface area contributed by atoms with Gasteiger partial charge in [-0.05, 0) is 55.2 Å². The monoisotopic (exact) mass is 508 g/mol. The molecule has 0 aromatic heterocycles. The minimum Gasteiger partial charge on any atom is -1.00 e. The number of halogens is 3. The van der Waals surface area contributed by atoms with Crippen LogP contribution in [0, 0.1) is 5.92 Å². The summed E-state index contributed by atoms with van der Waals surface area (Å²) >= 11 is 0. The normalized spacial score (nSPS) is 21.9. The number of alkyl halides is 2. The second-order valence-electron chi connectivity index (χ2n) is 7.37. The Kier molecular flexibility index (Phi) is 7.22. The number of rotatable bonds is 5. The Bertz CT molecular complexity index is 751. The average molecular weight is 508 g/mol. The van der Waals surface area contributed by atoms with Gasteiger partial charge in [-0.15, -0.1) is 0 Å². The van der Waals surface area contributed by atoms with Crippen molar-refractivity contribution in [1.29, 1.82) is 0 Å². The quantitative estimate of drug-likeness (QED) is 0.366. The van der Waals surface area contributed by atoms with E-state index in [4.69, 9.17) is 0 Å². The molecule has 1 aliphatic carbocycles. The molecular weight excluding hydrogens is 484 g/mol. The Morgan fingerprint density at radius 3 is 1.25 bits per heavy atom. The smallest absolute Gasteiger partial charge is 0.132 e. The van der Waals surface area contributed by atoms with Crippen LogP contribution in [0.3, 0.4) is 0 Å². The lowest BCUT2D eigenvalue weighted by Gasteiger charge is -2.29. The zero-order valence-corrected chi connectivity index (χ0v) is 18.6. The minimum atomic E-state index is -1.99. The Hall–Kier alpha value is -1.32. The lowest BCUT2D eigenvalue weighted by Crippen LogP contribution is -3.00. The van der Waals surface area contributed by atoms with Gasteiger partial charge in [0.15, 0.2) is 0 Å². The molecule has 3 aromatic carbocycles. The second-order valence-corrected chi connectivity index (χ2v) is 10.9. The van der Waals surface area contributed by atoms with Gasteiger partial charge in [0.25, 0.3) is 0 Å². The minimum absolute atomic E-state index is 0. The first-order valence-corrected chi connectivity index (χ1v) is 11.5. The van der Waals surface area contributed by atoms with Crippen LogP contribution in [-0.4, -0.2) is 18.5 Å². The third-order valence-corrected chi connectivity index (χ3v) is 10.2.